The van der Waals surface area contributed by atoms with Crippen molar-refractivity contribution in [2.75, 3.05) is 5.75 Å². The van der Waals surface area contributed by atoms with E-state index in [2.05, 4.69) is 10.3 Å². The van der Waals surface area contributed by atoms with Crippen molar-refractivity contribution < 1.29 is 8.42 Å². The monoisotopic (exact) mass is 215 g/mol. The zero-order chi connectivity index (χ0) is 10.2. The van der Waals surface area contributed by atoms with Crippen LogP contribution in [-0.2, 0) is 9.84 Å². The van der Waals surface area contributed by atoms with Gasteiger partial charge in [-0.3, -0.25) is 0 Å². The number of rotatable bonds is 2. The molecule has 0 bridgehead atoms. The van der Waals surface area contributed by atoms with Crippen molar-refractivity contribution in [3.8, 4) is 0 Å². The van der Waals surface area contributed by atoms with Gasteiger partial charge in [0.05, 0.1) is 11.8 Å². The molecule has 0 saturated heterocycles. The van der Waals surface area contributed by atoms with Gasteiger partial charge in [0.15, 0.2) is 15.8 Å². The van der Waals surface area contributed by atoms with E-state index in [4.69, 9.17) is 5.73 Å². The molecule has 2 aliphatic rings. The van der Waals surface area contributed by atoms with Crippen LogP contribution in [0.25, 0.3) is 0 Å². The van der Waals surface area contributed by atoms with E-state index < -0.39 is 9.84 Å². The summed E-state index contributed by atoms with van der Waals surface area (Å²) in [6.07, 6.45) is 3.81. The van der Waals surface area contributed by atoms with Crippen LogP contribution in [0.5, 0.6) is 0 Å². The van der Waals surface area contributed by atoms with Gasteiger partial charge >= 0.3 is 0 Å². The summed E-state index contributed by atoms with van der Waals surface area (Å²) in [4.78, 5) is 4.07. The molecule has 0 aromatic heterocycles. The van der Waals surface area contributed by atoms with E-state index in [0.29, 0.717) is 12.0 Å². The highest BCUT2D eigenvalue weighted by molar-refractivity contribution is 7.94. The van der Waals surface area contributed by atoms with E-state index in [1.807, 2.05) is 0 Å². The van der Waals surface area contributed by atoms with Crippen LogP contribution < -0.4 is 11.1 Å². The highest BCUT2D eigenvalue weighted by Crippen LogP contribution is 2.18. The molecule has 14 heavy (non-hydrogen) atoms. The topological polar surface area (TPSA) is 84.5 Å². The normalized spacial score (nSPS) is 30.6. The molecule has 2 rings (SSSR count). The number of aliphatic imine (C=N–C) groups is 1. The summed E-state index contributed by atoms with van der Waals surface area (Å²) < 4.78 is 22.1. The summed E-state index contributed by atoms with van der Waals surface area (Å²) in [5, 5.41) is 4.21. The van der Waals surface area contributed by atoms with E-state index >= 15 is 0 Å². The molecule has 1 aliphatic carbocycles. The summed E-state index contributed by atoms with van der Waals surface area (Å²) in [5.41, 5.74) is 5.59. The second kappa shape index (κ2) is 3.27. The fourth-order valence-electron chi connectivity index (χ4n) is 1.29. The lowest BCUT2D eigenvalue weighted by Gasteiger charge is -2.05. The molecule has 5 nitrogen and oxygen atoms in total. The largest absolute Gasteiger partial charge is 0.370 e. The first-order valence-electron chi connectivity index (χ1n) is 4.56. The minimum Gasteiger partial charge on any atom is -0.370 e. The number of hydrogen-bond acceptors (Lipinski definition) is 3. The maximum atomic E-state index is 11.0. The van der Waals surface area contributed by atoms with Crippen molar-refractivity contribution in [1.82, 2.24) is 5.32 Å². The predicted octanol–water partition coefficient (Wildman–Crippen LogP) is -0.636. The average molecular weight is 215 g/mol. The number of hydrogen-bond donors (Lipinski definition) is 2. The van der Waals surface area contributed by atoms with Crippen molar-refractivity contribution in [1.29, 1.82) is 0 Å². The van der Waals surface area contributed by atoms with Gasteiger partial charge in [-0.1, -0.05) is 0 Å². The van der Waals surface area contributed by atoms with Crippen LogP contribution in [0.15, 0.2) is 16.5 Å². The van der Waals surface area contributed by atoms with Crippen molar-refractivity contribution >= 4 is 15.8 Å². The molecule has 78 valence electrons. The number of nitrogens with two attached hydrogens (primary N) is 1. The van der Waals surface area contributed by atoms with Crippen molar-refractivity contribution in [3.05, 3.63) is 11.5 Å². The number of nitrogens with zero attached hydrogens (tertiary/aromatic N) is 1. The van der Waals surface area contributed by atoms with Crippen molar-refractivity contribution in [2.24, 2.45) is 10.7 Å². The quantitative estimate of drug-likeness (QED) is 0.474. The molecule has 1 unspecified atom stereocenters. The van der Waals surface area contributed by atoms with Gasteiger partial charge in [-0.25, -0.2) is 13.4 Å². The molecule has 0 aromatic rings. The number of guanidine groups is 1. The van der Waals surface area contributed by atoms with E-state index in [1.165, 1.54) is 5.41 Å². The van der Waals surface area contributed by atoms with Gasteiger partial charge in [0, 0.05) is 11.4 Å². The van der Waals surface area contributed by atoms with Crippen LogP contribution in [-0.4, -0.2) is 32.2 Å². The Hall–Kier alpha value is -1.04. The summed E-state index contributed by atoms with van der Waals surface area (Å²) in [6, 6.07) is 0.131. The Bertz CT molecular complexity index is 381. The van der Waals surface area contributed by atoms with Crippen LogP contribution in [0.4, 0.5) is 0 Å². The predicted molar refractivity (Wildman–Crippen MR) is 54.5 cm³/mol. The van der Waals surface area contributed by atoms with Gasteiger partial charge in [-0.15, -0.1) is 0 Å². The number of nitrogens with one attached hydrogen (secondary N) is 1. The molecule has 1 saturated carbocycles. The zero-order valence-electron chi connectivity index (χ0n) is 7.68. The molecule has 0 amide bonds. The molecule has 1 fully saturated rings. The minimum atomic E-state index is -3.02. The summed E-state index contributed by atoms with van der Waals surface area (Å²) in [7, 11) is -3.02. The Balaban J connectivity index is 1.94. The minimum absolute atomic E-state index is 0.0417. The standard InChI is InChI=1S/C8H13N3O2S/c9-8(10-6-1-2-6)11-7-3-4-14(12,13)5-7/h3-4,6-7H,1-2,5H2,(H3,9,10,11). The van der Waals surface area contributed by atoms with Gasteiger partial charge in [0.25, 0.3) is 0 Å². The van der Waals surface area contributed by atoms with Crippen LogP contribution in [0.2, 0.25) is 0 Å². The van der Waals surface area contributed by atoms with E-state index in [9.17, 15) is 8.42 Å². The summed E-state index contributed by atoms with van der Waals surface area (Å²) in [6.45, 7) is 0. The molecule has 0 spiro atoms. The first-order chi connectivity index (χ1) is 6.55. The van der Waals surface area contributed by atoms with Crippen LogP contribution in [0.1, 0.15) is 12.8 Å². The Morgan fingerprint density at radius 2 is 2.21 bits per heavy atom. The summed E-state index contributed by atoms with van der Waals surface area (Å²) >= 11 is 0. The molecule has 0 radical (unpaired) electrons. The van der Waals surface area contributed by atoms with Crippen LogP contribution in [0, 0.1) is 0 Å². The molecular formula is C8H13N3O2S. The third kappa shape index (κ3) is 2.47. The van der Waals surface area contributed by atoms with E-state index in [-0.39, 0.29) is 11.8 Å². The second-order valence-electron chi connectivity index (χ2n) is 3.66. The zero-order valence-corrected chi connectivity index (χ0v) is 8.50. The van der Waals surface area contributed by atoms with Gasteiger partial charge in [0.1, 0.15) is 0 Å². The third-order valence-electron chi connectivity index (χ3n) is 2.15. The first-order valence-corrected chi connectivity index (χ1v) is 6.27. The summed E-state index contributed by atoms with van der Waals surface area (Å²) in [5.74, 6) is 0.388. The second-order valence-corrected chi connectivity index (χ2v) is 5.59. The van der Waals surface area contributed by atoms with Gasteiger partial charge in [-0.05, 0) is 18.9 Å². The number of sulfone groups is 1. The lowest BCUT2D eigenvalue weighted by molar-refractivity contribution is 0.604. The SMILES string of the molecule is NC(=NC1C=CS(=O)(=O)C1)NC1CC1. The Labute approximate surface area is 83.0 Å². The molecular weight excluding hydrogens is 202 g/mol. The fourth-order valence-corrected chi connectivity index (χ4v) is 2.49. The highest BCUT2D eigenvalue weighted by atomic mass is 32.2. The Morgan fingerprint density at radius 3 is 2.71 bits per heavy atom. The van der Waals surface area contributed by atoms with Gasteiger partial charge < -0.3 is 11.1 Å². The molecule has 1 heterocycles. The van der Waals surface area contributed by atoms with E-state index in [0.717, 1.165) is 12.8 Å². The van der Waals surface area contributed by atoms with Gasteiger partial charge in [-0.2, -0.15) is 0 Å². The maximum absolute atomic E-state index is 11.0. The lowest BCUT2D eigenvalue weighted by atomic mass is 10.4. The van der Waals surface area contributed by atoms with Crippen LogP contribution >= 0.6 is 0 Å². The average Bonchev–Trinajstić information content (AvgIpc) is 2.78. The fraction of sp³-hybridized carbons (Fsp3) is 0.625. The highest BCUT2D eigenvalue weighted by Gasteiger charge is 2.24. The molecule has 1 atom stereocenters. The lowest BCUT2D eigenvalue weighted by Crippen LogP contribution is -2.34. The van der Waals surface area contributed by atoms with E-state index in [1.54, 1.807) is 6.08 Å². The van der Waals surface area contributed by atoms with Crippen LogP contribution in [0.3, 0.4) is 0 Å². The molecule has 6 heteroatoms. The molecule has 0 aromatic carbocycles. The first kappa shape index (κ1) is 9.51. The van der Waals surface area contributed by atoms with Crippen molar-refractivity contribution in [2.45, 2.75) is 24.9 Å². The van der Waals surface area contributed by atoms with Gasteiger partial charge in [0.2, 0.25) is 0 Å². The smallest absolute Gasteiger partial charge is 0.189 e. The molecule has 1 aliphatic heterocycles. The third-order valence-corrected chi connectivity index (χ3v) is 3.52. The van der Waals surface area contributed by atoms with Crippen molar-refractivity contribution in [3.63, 3.8) is 0 Å². The maximum Gasteiger partial charge on any atom is 0.189 e. The Morgan fingerprint density at radius 1 is 1.50 bits per heavy atom. The Kier molecular flexibility index (Phi) is 2.22. The molecule has 3 N–H and O–H groups in total.